The number of anilines is 1. The molecule has 2 aromatic rings. The molecule has 0 saturated carbocycles. The quantitative estimate of drug-likeness (QED) is 0.418. The minimum atomic E-state index is -1.25. The van der Waals surface area contributed by atoms with E-state index in [0.717, 1.165) is 11.8 Å². The van der Waals surface area contributed by atoms with Crippen molar-refractivity contribution in [3.05, 3.63) is 69.7 Å². The number of hydrogen-bond acceptors (Lipinski definition) is 7. The molecular weight excluding hydrogens is 478 g/mol. The zero-order chi connectivity index (χ0) is 24.7. The molecule has 176 valence electrons. The normalized spacial score (nSPS) is 17.4. The van der Waals surface area contributed by atoms with Crippen molar-refractivity contribution in [2.24, 2.45) is 5.92 Å². The molecule has 0 aromatic heterocycles. The number of carbonyl (C=O) groups is 3. The molecule has 1 heterocycles. The Morgan fingerprint density at radius 3 is 2.59 bits per heavy atom. The number of benzene rings is 2. The summed E-state index contributed by atoms with van der Waals surface area (Å²) in [5, 5.41) is 16.0. The van der Waals surface area contributed by atoms with Crippen molar-refractivity contribution in [2.45, 2.75) is 12.8 Å². The van der Waals surface area contributed by atoms with Crippen LogP contribution in [0.3, 0.4) is 0 Å². The van der Waals surface area contributed by atoms with Crippen LogP contribution in [0, 0.1) is 17.2 Å². The summed E-state index contributed by atoms with van der Waals surface area (Å²) in [5.74, 6) is -3.29. The first-order chi connectivity index (χ1) is 16.4. The summed E-state index contributed by atoms with van der Waals surface area (Å²) >= 11 is 6.94. The SMILES string of the molecule is CCOc1ccc([C@H]2C(C#N)=C(SCC(=O)Nc3cccc(Cl)c3)NC(=O)[C@@H]2C(=O)OC)cc1. The van der Waals surface area contributed by atoms with Gasteiger partial charge in [0.15, 0.2) is 0 Å². The molecule has 8 nitrogen and oxygen atoms in total. The second-order valence-electron chi connectivity index (χ2n) is 7.17. The number of carbonyl (C=O) groups excluding carboxylic acids is 3. The van der Waals surface area contributed by atoms with Crippen LogP contribution in [0.5, 0.6) is 5.75 Å². The van der Waals surface area contributed by atoms with Crippen LogP contribution in [-0.2, 0) is 19.1 Å². The summed E-state index contributed by atoms with van der Waals surface area (Å²) < 4.78 is 10.3. The van der Waals surface area contributed by atoms with Gasteiger partial charge in [-0.05, 0) is 42.8 Å². The van der Waals surface area contributed by atoms with Gasteiger partial charge in [0, 0.05) is 16.6 Å². The van der Waals surface area contributed by atoms with Crippen LogP contribution in [0.2, 0.25) is 5.02 Å². The van der Waals surface area contributed by atoms with E-state index in [4.69, 9.17) is 21.1 Å². The van der Waals surface area contributed by atoms with E-state index in [1.807, 2.05) is 6.92 Å². The number of halogens is 1. The van der Waals surface area contributed by atoms with Crippen LogP contribution in [-0.4, -0.2) is 37.3 Å². The summed E-state index contributed by atoms with van der Waals surface area (Å²) in [6, 6.07) is 15.6. The van der Waals surface area contributed by atoms with Gasteiger partial charge in [-0.3, -0.25) is 14.4 Å². The van der Waals surface area contributed by atoms with Gasteiger partial charge in [0.2, 0.25) is 11.8 Å². The van der Waals surface area contributed by atoms with Gasteiger partial charge in [-0.1, -0.05) is 41.6 Å². The number of rotatable bonds is 8. The van der Waals surface area contributed by atoms with Gasteiger partial charge in [0.25, 0.3) is 0 Å². The third-order valence-corrected chi connectivity index (χ3v) is 6.24. The van der Waals surface area contributed by atoms with Crippen molar-refractivity contribution in [3.63, 3.8) is 0 Å². The first-order valence-electron chi connectivity index (χ1n) is 10.3. The summed E-state index contributed by atoms with van der Waals surface area (Å²) in [4.78, 5) is 37.8. The summed E-state index contributed by atoms with van der Waals surface area (Å²) in [6.07, 6.45) is 0. The second kappa shape index (κ2) is 11.6. The molecule has 2 aromatic carbocycles. The molecule has 0 bridgehead atoms. The Balaban J connectivity index is 1.88. The van der Waals surface area contributed by atoms with Gasteiger partial charge in [0.1, 0.15) is 11.7 Å². The largest absolute Gasteiger partial charge is 0.494 e. The Bertz CT molecular complexity index is 1160. The van der Waals surface area contributed by atoms with E-state index >= 15 is 0 Å². The van der Waals surface area contributed by atoms with Crippen molar-refractivity contribution in [1.82, 2.24) is 5.32 Å². The lowest BCUT2D eigenvalue weighted by Gasteiger charge is -2.31. The van der Waals surface area contributed by atoms with Gasteiger partial charge < -0.3 is 20.1 Å². The minimum Gasteiger partial charge on any atom is -0.494 e. The molecule has 0 saturated heterocycles. The van der Waals surface area contributed by atoms with Crippen LogP contribution in [0.15, 0.2) is 59.1 Å². The van der Waals surface area contributed by atoms with Crippen LogP contribution in [0.1, 0.15) is 18.4 Å². The Kier molecular flexibility index (Phi) is 8.57. The fraction of sp³-hybridized carbons (Fsp3) is 0.250. The maximum absolute atomic E-state index is 12.9. The van der Waals surface area contributed by atoms with Crippen LogP contribution < -0.4 is 15.4 Å². The molecular formula is C24H22ClN3O5S. The molecule has 0 aliphatic carbocycles. The maximum atomic E-state index is 12.9. The van der Waals surface area contributed by atoms with E-state index in [-0.39, 0.29) is 22.3 Å². The second-order valence-corrected chi connectivity index (χ2v) is 8.59. The number of thioether (sulfide) groups is 1. The average Bonchev–Trinajstić information content (AvgIpc) is 2.82. The van der Waals surface area contributed by atoms with Crippen molar-refractivity contribution in [1.29, 1.82) is 5.26 Å². The lowest BCUT2D eigenvalue weighted by atomic mass is 9.78. The number of amides is 2. The van der Waals surface area contributed by atoms with Crippen LogP contribution in [0.25, 0.3) is 0 Å². The molecule has 3 rings (SSSR count). The number of nitrogens with zero attached hydrogens (tertiary/aromatic N) is 1. The number of ether oxygens (including phenoxy) is 2. The maximum Gasteiger partial charge on any atom is 0.319 e. The van der Waals surface area contributed by atoms with E-state index in [1.54, 1.807) is 48.5 Å². The Hall–Kier alpha value is -3.48. The Labute approximate surface area is 206 Å². The highest BCUT2D eigenvalue weighted by Crippen LogP contribution is 2.40. The van der Waals surface area contributed by atoms with E-state index in [1.165, 1.54) is 7.11 Å². The molecule has 0 unspecified atom stereocenters. The van der Waals surface area contributed by atoms with Crippen molar-refractivity contribution >= 4 is 46.8 Å². The molecule has 2 amide bonds. The molecule has 10 heteroatoms. The van der Waals surface area contributed by atoms with Crippen LogP contribution >= 0.6 is 23.4 Å². The first-order valence-corrected chi connectivity index (χ1v) is 11.7. The smallest absolute Gasteiger partial charge is 0.319 e. The monoisotopic (exact) mass is 499 g/mol. The molecule has 2 N–H and O–H groups in total. The van der Waals surface area contributed by atoms with Crippen molar-refractivity contribution in [3.8, 4) is 11.8 Å². The minimum absolute atomic E-state index is 0.0772. The average molecular weight is 500 g/mol. The lowest BCUT2D eigenvalue weighted by Crippen LogP contribution is -2.44. The third kappa shape index (κ3) is 5.90. The molecule has 1 aliphatic rings. The summed E-state index contributed by atoms with van der Waals surface area (Å²) in [5.41, 5.74) is 1.27. The zero-order valence-electron chi connectivity index (χ0n) is 18.5. The molecule has 0 radical (unpaired) electrons. The summed E-state index contributed by atoms with van der Waals surface area (Å²) in [7, 11) is 1.19. The first kappa shape index (κ1) is 25.1. The van der Waals surface area contributed by atoms with Gasteiger partial charge in [-0.2, -0.15) is 5.26 Å². The molecule has 34 heavy (non-hydrogen) atoms. The molecule has 0 fully saturated rings. The van der Waals surface area contributed by atoms with Crippen molar-refractivity contribution in [2.75, 3.05) is 24.8 Å². The standard InChI is InChI=1S/C24H22ClN3O5S/c1-3-33-17-9-7-14(8-10-17)20-18(12-26)23(28-22(30)21(20)24(31)32-2)34-13-19(29)27-16-6-4-5-15(25)11-16/h4-11,20-21H,3,13H2,1-2H3,(H,27,29)(H,28,30)/t20-,21+/m0/s1. The number of nitrogens with one attached hydrogen (secondary N) is 2. The predicted octanol–water partition coefficient (Wildman–Crippen LogP) is 3.85. The molecule has 1 aliphatic heterocycles. The number of methoxy groups -OCH3 is 1. The van der Waals surface area contributed by atoms with Gasteiger partial charge in [-0.15, -0.1) is 0 Å². The van der Waals surface area contributed by atoms with E-state index < -0.39 is 23.7 Å². The fourth-order valence-electron chi connectivity index (χ4n) is 3.52. The third-order valence-electron chi connectivity index (χ3n) is 4.99. The predicted molar refractivity (Wildman–Crippen MR) is 129 cm³/mol. The highest BCUT2D eigenvalue weighted by atomic mass is 35.5. The van der Waals surface area contributed by atoms with Gasteiger partial charge in [0.05, 0.1) is 36.1 Å². The summed E-state index contributed by atoms with van der Waals surface area (Å²) in [6.45, 7) is 2.34. The Morgan fingerprint density at radius 2 is 1.97 bits per heavy atom. The Morgan fingerprint density at radius 1 is 1.24 bits per heavy atom. The number of nitriles is 1. The fourth-order valence-corrected chi connectivity index (χ4v) is 4.56. The number of hydrogen-bond donors (Lipinski definition) is 2. The molecule has 2 atom stereocenters. The van der Waals surface area contributed by atoms with Gasteiger partial charge >= 0.3 is 5.97 Å². The van der Waals surface area contributed by atoms with E-state index in [9.17, 15) is 19.6 Å². The van der Waals surface area contributed by atoms with E-state index in [0.29, 0.717) is 28.6 Å². The van der Waals surface area contributed by atoms with Crippen LogP contribution in [0.4, 0.5) is 5.69 Å². The lowest BCUT2D eigenvalue weighted by molar-refractivity contribution is -0.150. The number of esters is 1. The molecule has 0 spiro atoms. The van der Waals surface area contributed by atoms with Crippen molar-refractivity contribution < 1.29 is 23.9 Å². The highest BCUT2D eigenvalue weighted by Gasteiger charge is 2.44. The number of allylic oxidation sites excluding steroid dienone is 1. The van der Waals surface area contributed by atoms with E-state index in [2.05, 4.69) is 16.7 Å². The topological polar surface area (TPSA) is 118 Å². The highest BCUT2D eigenvalue weighted by molar-refractivity contribution is 8.03. The van der Waals surface area contributed by atoms with Gasteiger partial charge in [-0.25, -0.2) is 0 Å². The zero-order valence-corrected chi connectivity index (χ0v) is 20.0.